The molecule has 1 aliphatic carbocycles. The number of pyridine rings is 1. The molecule has 3 nitrogen and oxygen atoms in total. The molecule has 16 heavy (non-hydrogen) atoms. The third-order valence-electron chi connectivity index (χ3n) is 3.17. The van der Waals surface area contributed by atoms with Crippen LogP contribution in [0.15, 0.2) is 18.3 Å². The van der Waals surface area contributed by atoms with E-state index in [2.05, 4.69) is 4.98 Å². The third kappa shape index (κ3) is 2.95. The van der Waals surface area contributed by atoms with Crippen LogP contribution in [0.4, 0.5) is 0 Å². The summed E-state index contributed by atoms with van der Waals surface area (Å²) in [4.78, 5) is 4.22. The van der Waals surface area contributed by atoms with Gasteiger partial charge in [-0.3, -0.25) is 0 Å². The van der Waals surface area contributed by atoms with Gasteiger partial charge < -0.3 is 10.5 Å². The van der Waals surface area contributed by atoms with E-state index in [0.717, 1.165) is 12.8 Å². The van der Waals surface area contributed by atoms with E-state index in [-0.39, 0.29) is 12.1 Å². The zero-order valence-electron chi connectivity index (χ0n) is 9.86. The van der Waals surface area contributed by atoms with E-state index in [1.54, 1.807) is 6.20 Å². The van der Waals surface area contributed by atoms with Crippen molar-refractivity contribution in [3.8, 4) is 5.88 Å². The van der Waals surface area contributed by atoms with Crippen molar-refractivity contribution in [1.29, 1.82) is 0 Å². The molecule has 2 rings (SSSR count). The van der Waals surface area contributed by atoms with Crippen molar-refractivity contribution in [2.45, 2.75) is 51.2 Å². The Morgan fingerprint density at radius 1 is 1.31 bits per heavy atom. The van der Waals surface area contributed by atoms with Gasteiger partial charge in [-0.15, -0.1) is 0 Å². The molecule has 3 heteroatoms. The van der Waals surface area contributed by atoms with Gasteiger partial charge in [0.2, 0.25) is 5.88 Å². The highest BCUT2D eigenvalue weighted by Gasteiger charge is 2.22. The molecule has 2 unspecified atom stereocenters. The van der Waals surface area contributed by atoms with Gasteiger partial charge in [0.15, 0.2) is 0 Å². The molecular weight excluding hydrogens is 200 g/mol. The number of rotatable bonds is 2. The van der Waals surface area contributed by atoms with Gasteiger partial charge >= 0.3 is 0 Å². The van der Waals surface area contributed by atoms with Gasteiger partial charge in [0.1, 0.15) is 6.10 Å². The van der Waals surface area contributed by atoms with E-state index in [1.165, 1.54) is 24.8 Å². The second kappa shape index (κ2) is 5.30. The fraction of sp³-hybridized carbons (Fsp3) is 0.615. The van der Waals surface area contributed by atoms with Crippen LogP contribution in [0, 0.1) is 6.92 Å². The Morgan fingerprint density at radius 2 is 2.12 bits per heavy atom. The molecule has 0 amide bonds. The number of nitrogens with zero attached hydrogens (tertiary/aromatic N) is 1. The van der Waals surface area contributed by atoms with E-state index in [9.17, 15) is 0 Å². The van der Waals surface area contributed by atoms with Crippen molar-refractivity contribution >= 4 is 0 Å². The maximum absolute atomic E-state index is 6.11. The molecule has 2 N–H and O–H groups in total. The lowest BCUT2D eigenvalue weighted by atomic mass is 10.1. The van der Waals surface area contributed by atoms with Crippen molar-refractivity contribution in [1.82, 2.24) is 4.98 Å². The maximum Gasteiger partial charge on any atom is 0.213 e. The van der Waals surface area contributed by atoms with Crippen molar-refractivity contribution in [3.63, 3.8) is 0 Å². The van der Waals surface area contributed by atoms with Crippen molar-refractivity contribution < 1.29 is 4.74 Å². The highest BCUT2D eigenvalue weighted by molar-refractivity contribution is 5.19. The Labute approximate surface area is 97.0 Å². The van der Waals surface area contributed by atoms with E-state index in [4.69, 9.17) is 10.5 Å². The van der Waals surface area contributed by atoms with Crippen LogP contribution in [0.2, 0.25) is 0 Å². The molecular formula is C13H20N2O. The summed E-state index contributed by atoms with van der Waals surface area (Å²) in [5.41, 5.74) is 7.29. The minimum Gasteiger partial charge on any atom is -0.473 e. The largest absolute Gasteiger partial charge is 0.473 e. The molecule has 0 spiro atoms. The lowest BCUT2D eigenvalue weighted by Gasteiger charge is -2.22. The first kappa shape index (κ1) is 11.4. The topological polar surface area (TPSA) is 48.1 Å². The number of aryl methyl sites for hydroxylation is 1. The van der Waals surface area contributed by atoms with E-state index >= 15 is 0 Å². The van der Waals surface area contributed by atoms with Gasteiger partial charge in [0, 0.05) is 18.3 Å². The Bertz CT molecular complexity index is 340. The highest BCUT2D eigenvalue weighted by atomic mass is 16.5. The fourth-order valence-electron chi connectivity index (χ4n) is 2.18. The van der Waals surface area contributed by atoms with E-state index < -0.39 is 0 Å². The van der Waals surface area contributed by atoms with Crippen LogP contribution in [0.25, 0.3) is 0 Å². The average Bonchev–Trinajstić information content (AvgIpc) is 2.45. The van der Waals surface area contributed by atoms with Crippen molar-refractivity contribution in [3.05, 3.63) is 23.9 Å². The Morgan fingerprint density at radius 3 is 2.94 bits per heavy atom. The first-order valence-corrected chi connectivity index (χ1v) is 6.10. The molecule has 1 saturated carbocycles. The molecule has 1 heterocycles. The van der Waals surface area contributed by atoms with Gasteiger partial charge in [-0.1, -0.05) is 12.8 Å². The number of ether oxygens (including phenoxy) is 1. The predicted molar refractivity (Wildman–Crippen MR) is 64.5 cm³/mol. The first-order chi connectivity index (χ1) is 7.75. The standard InChI is InChI=1S/C13H20N2O/c1-10-7-8-15-13(9-10)16-12-6-4-2-3-5-11(12)14/h7-9,11-12H,2-6,14H2,1H3. The van der Waals surface area contributed by atoms with Crippen LogP contribution in [-0.2, 0) is 0 Å². The Hall–Kier alpha value is -1.09. The molecule has 0 saturated heterocycles. The number of hydrogen-bond donors (Lipinski definition) is 1. The molecule has 1 aromatic rings. The van der Waals surface area contributed by atoms with Gasteiger partial charge in [0.25, 0.3) is 0 Å². The highest BCUT2D eigenvalue weighted by Crippen LogP contribution is 2.21. The van der Waals surface area contributed by atoms with Crippen LogP contribution in [0.3, 0.4) is 0 Å². The maximum atomic E-state index is 6.11. The number of aromatic nitrogens is 1. The smallest absolute Gasteiger partial charge is 0.213 e. The second-order valence-corrected chi connectivity index (χ2v) is 4.63. The zero-order chi connectivity index (χ0) is 11.4. The Kier molecular flexibility index (Phi) is 3.78. The SMILES string of the molecule is Cc1ccnc(OC2CCCCCC2N)c1. The summed E-state index contributed by atoms with van der Waals surface area (Å²) in [5.74, 6) is 0.711. The summed E-state index contributed by atoms with van der Waals surface area (Å²) < 4.78 is 5.89. The summed E-state index contributed by atoms with van der Waals surface area (Å²) in [5, 5.41) is 0. The molecule has 88 valence electrons. The molecule has 1 aromatic heterocycles. The van der Waals surface area contributed by atoms with Crippen LogP contribution in [0.5, 0.6) is 5.88 Å². The van der Waals surface area contributed by atoms with Gasteiger partial charge in [-0.2, -0.15) is 0 Å². The minimum absolute atomic E-state index is 0.136. The molecule has 0 aromatic carbocycles. The first-order valence-electron chi connectivity index (χ1n) is 6.10. The number of nitrogens with two attached hydrogens (primary N) is 1. The lowest BCUT2D eigenvalue weighted by molar-refractivity contribution is 0.156. The predicted octanol–water partition coefficient (Wildman–Crippen LogP) is 2.43. The van der Waals surface area contributed by atoms with Crippen LogP contribution in [0.1, 0.15) is 37.7 Å². The van der Waals surface area contributed by atoms with Gasteiger partial charge in [0.05, 0.1) is 0 Å². The quantitative estimate of drug-likeness (QED) is 0.779. The lowest BCUT2D eigenvalue weighted by Crippen LogP contribution is -2.38. The van der Waals surface area contributed by atoms with Gasteiger partial charge in [-0.25, -0.2) is 4.98 Å². The summed E-state index contributed by atoms with van der Waals surface area (Å²) in [6.07, 6.45) is 7.75. The molecule has 2 atom stereocenters. The normalized spacial score (nSPS) is 26.1. The summed E-state index contributed by atoms with van der Waals surface area (Å²) >= 11 is 0. The minimum atomic E-state index is 0.136. The van der Waals surface area contributed by atoms with Crippen molar-refractivity contribution in [2.75, 3.05) is 0 Å². The monoisotopic (exact) mass is 220 g/mol. The Balaban J connectivity index is 2.02. The summed E-state index contributed by atoms with van der Waals surface area (Å²) in [7, 11) is 0. The zero-order valence-corrected chi connectivity index (χ0v) is 9.86. The second-order valence-electron chi connectivity index (χ2n) is 4.63. The molecule has 1 fully saturated rings. The van der Waals surface area contributed by atoms with Crippen LogP contribution >= 0.6 is 0 Å². The van der Waals surface area contributed by atoms with Crippen LogP contribution < -0.4 is 10.5 Å². The molecule has 1 aliphatic rings. The number of hydrogen-bond acceptors (Lipinski definition) is 3. The molecule has 0 bridgehead atoms. The summed E-state index contributed by atoms with van der Waals surface area (Å²) in [6, 6.07) is 4.10. The average molecular weight is 220 g/mol. The van der Waals surface area contributed by atoms with E-state index in [1.807, 2.05) is 19.1 Å². The fourth-order valence-corrected chi connectivity index (χ4v) is 2.18. The third-order valence-corrected chi connectivity index (χ3v) is 3.17. The molecule has 0 radical (unpaired) electrons. The van der Waals surface area contributed by atoms with Crippen molar-refractivity contribution in [2.24, 2.45) is 5.73 Å². The molecule has 0 aliphatic heterocycles. The van der Waals surface area contributed by atoms with Crippen LogP contribution in [-0.4, -0.2) is 17.1 Å². The van der Waals surface area contributed by atoms with E-state index in [0.29, 0.717) is 5.88 Å². The van der Waals surface area contributed by atoms with Gasteiger partial charge in [-0.05, 0) is 37.8 Å². The summed E-state index contributed by atoms with van der Waals surface area (Å²) in [6.45, 7) is 2.04.